The van der Waals surface area contributed by atoms with E-state index in [4.69, 9.17) is 4.74 Å². The van der Waals surface area contributed by atoms with Gasteiger partial charge in [0, 0.05) is 47.4 Å². The van der Waals surface area contributed by atoms with Crippen LogP contribution in [0.15, 0.2) is 47.3 Å². The van der Waals surface area contributed by atoms with Crippen molar-refractivity contribution in [3.8, 4) is 0 Å². The number of aromatic amines is 1. The van der Waals surface area contributed by atoms with Crippen molar-refractivity contribution in [2.24, 2.45) is 0 Å². The van der Waals surface area contributed by atoms with E-state index < -0.39 is 12.0 Å². The molecule has 8 heteroatoms. The van der Waals surface area contributed by atoms with E-state index in [0.29, 0.717) is 24.9 Å². The van der Waals surface area contributed by atoms with Gasteiger partial charge in [0.15, 0.2) is 0 Å². The monoisotopic (exact) mass is 413 g/mol. The Labute approximate surface area is 172 Å². The maximum Gasteiger partial charge on any atom is 0.328 e. The van der Waals surface area contributed by atoms with Gasteiger partial charge >= 0.3 is 5.97 Å². The molecule has 2 heterocycles. The Bertz CT molecular complexity index is 981. The molecular formula is C21H23N3O4S. The van der Waals surface area contributed by atoms with E-state index in [9.17, 15) is 14.4 Å². The Kier molecular flexibility index (Phi) is 7.02. The molecule has 0 radical (unpaired) electrons. The molecule has 152 valence electrons. The largest absolute Gasteiger partial charge is 0.467 e. The molecule has 0 fully saturated rings. The normalized spacial score (nSPS) is 11.8. The molecule has 29 heavy (non-hydrogen) atoms. The highest BCUT2D eigenvalue weighted by molar-refractivity contribution is 7.08. The lowest BCUT2D eigenvalue weighted by atomic mass is 10.0. The second-order valence-corrected chi connectivity index (χ2v) is 7.36. The SMILES string of the molecule is COC(=O)[C@@H](Cc1c[nH]c2ccccc12)NC(=O)CCCNC(=O)c1ccsc1. The van der Waals surface area contributed by atoms with Crippen molar-refractivity contribution in [1.82, 2.24) is 15.6 Å². The number of benzene rings is 1. The van der Waals surface area contributed by atoms with Gasteiger partial charge in [0.05, 0.1) is 7.11 Å². The number of para-hydroxylation sites is 1. The number of rotatable bonds is 9. The standard InChI is InChI=1S/C21H23N3O4S/c1-28-21(27)18(11-15-12-23-17-6-3-2-5-16(15)17)24-19(25)7-4-9-22-20(26)14-8-10-29-13-14/h2-3,5-6,8,10,12-13,18,23H,4,7,9,11H2,1H3,(H,22,26)(H,24,25)/t18-/m1/s1. The Hall–Kier alpha value is -3.13. The minimum Gasteiger partial charge on any atom is -0.467 e. The second-order valence-electron chi connectivity index (χ2n) is 6.58. The van der Waals surface area contributed by atoms with Crippen molar-refractivity contribution >= 4 is 40.0 Å². The van der Waals surface area contributed by atoms with Crippen LogP contribution in [0.25, 0.3) is 10.9 Å². The van der Waals surface area contributed by atoms with Gasteiger partial charge in [-0.1, -0.05) is 18.2 Å². The summed E-state index contributed by atoms with van der Waals surface area (Å²) in [6.45, 7) is 0.382. The fraction of sp³-hybridized carbons (Fsp3) is 0.286. The highest BCUT2D eigenvalue weighted by atomic mass is 32.1. The van der Waals surface area contributed by atoms with Gasteiger partial charge in [0.25, 0.3) is 5.91 Å². The molecule has 0 aliphatic carbocycles. The highest BCUT2D eigenvalue weighted by Gasteiger charge is 2.23. The molecule has 2 aromatic heterocycles. The van der Waals surface area contributed by atoms with Gasteiger partial charge in [-0.2, -0.15) is 11.3 Å². The van der Waals surface area contributed by atoms with E-state index in [-0.39, 0.29) is 18.2 Å². The molecule has 1 atom stereocenters. The lowest BCUT2D eigenvalue weighted by Gasteiger charge is -2.16. The van der Waals surface area contributed by atoms with Crippen molar-refractivity contribution in [2.75, 3.05) is 13.7 Å². The van der Waals surface area contributed by atoms with Gasteiger partial charge in [0.2, 0.25) is 5.91 Å². The zero-order valence-electron chi connectivity index (χ0n) is 16.1. The number of methoxy groups -OCH3 is 1. The maximum atomic E-state index is 12.3. The van der Waals surface area contributed by atoms with Crippen LogP contribution in [0.5, 0.6) is 0 Å². The average Bonchev–Trinajstić information content (AvgIpc) is 3.40. The second kappa shape index (κ2) is 9.88. The lowest BCUT2D eigenvalue weighted by molar-refractivity contribution is -0.145. The zero-order chi connectivity index (χ0) is 20.6. The van der Waals surface area contributed by atoms with E-state index in [2.05, 4.69) is 15.6 Å². The number of carbonyl (C=O) groups excluding carboxylic acids is 3. The molecule has 3 N–H and O–H groups in total. The van der Waals surface area contributed by atoms with Crippen LogP contribution in [0.3, 0.4) is 0 Å². The molecule has 0 saturated carbocycles. The van der Waals surface area contributed by atoms with Gasteiger partial charge < -0.3 is 20.4 Å². The molecule has 0 aliphatic heterocycles. The van der Waals surface area contributed by atoms with Gasteiger partial charge in [-0.25, -0.2) is 4.79 Å². The Balaban J connectivity index is 1.51. The molecule has 3 rings (SSSR count). The predicted octanol–water partition coefficient (Wildman–Crippen LogP) is 2.64. The first-order chi connectivity index (χ1) is 14.1. The lowest BCUT2D eigenvalue weighted by Crippen LogP contribution is -2.43. The number of ether oxygens (including phenoxy) is 1. The summed E-state index contributed by atoms with van der Waals surface area (Å²) >= 11 is 1.45. The first-order valence-electron chi connectivity index (χ1n) is 9.31. The summed E-state index contributed by atoms with van der Waals surface area (Å²) in [4.78, 5) is 39.5. The summed E-state index contributed by atoms with van der Waals surface area (Å²) < 4.78 is 4.85. The van der Waals surface area contributed by atoms with Gasteiger partial charge in [0.1, 0.15) is 6.04 Å². The van der Waals surface area contributed by atoms with E-state index in [1.807, 2.05) is 35.8 Å². The quantitative estimate of drug-likeness (QED) is 0.371. The summed E-state index contributed by atoms with van der Waals surface area (Å²) in [6.07, 6.45) is 2.85. The van der Waals surface area contributed by atoms with Crippen molar-refractivity contribution in [3.63, 3.8) is 0 Å². The Morgan fingerprint density at radius 2 is 2.03 bits per heavy atom. The van der Waals surface area contributed by atoms with Gasteiger partial charge in [-0.05, 0) is 29.5 Å². The summed E-state index contributed by atoms with van der Waals surface area (Å²) in [5.74, 6) is -0.905. The summed E-state index contributed by atoms with van der Waals surface area (Å²) in [5.41, 5.74) is 2.52. The minimum absolute atomic E-state index is 0.154. The van der Waals surface area contributed by atoms with E-state index in [1.165, 1.54) is 18.4 Å². The van der Waals surface area contributed by atoms with Crippen LogP contribution in [0.4, 0.5) is 0 Å². The van der Waals surface area contributed by atoms with Crippen LogP contribution in [0, 0.1) is 0 Å². The third-order valence-corrected chi connectivity index (χ3v) is 5.25. The number of amides is 2. The first kappa shape index (κ1) is 20.6. The number of H-pyrrole nitrogens is 1. The number of thiophene rings is 1. The summed E-state index contributed by atoms with van der Waals surface area (Å²) in [6, 6.07) is 8.75. The van der Waals surface area contributed by atoms with Gasteiger partial charge in [-0.15, -0.1) is 0 Å². The molecule has 3 aromatic rings. The highest BCUT2D eigenvalue weighted by Crippen LogP contribution is 2.19. The van der Waals surface area contributed by atoms with Crippen LogP contribution in [-0.4, -0.2) is 42.5 Å². The molecule has 0 unspecified atom stereocenters. The molecule has 0 saturated heterocycles. The molecular weight excluding hydrogens is 390 g/mol. The first-order valence-corrected chi connectivity index (χ1v) is 10.3. The number of hydrogen-bond acceptors (Lipinski definition) is 5. The van der Waals surface area contributed by atoms with Crippen molar-refractivity contribution < 1.29 is 19.1 Å². The van der Waals surface area contributed by atoms with E-state index in [0.717, 1.165) is 16.5 Å². The topological polar surface area (TPSA) is 100 Å². The maximum absolute atomic E-state index is 12.3. The number of nitrogens with one attached hydrogen (secondary N) is 3. The fourth-order valence-electron chi connectivity index (χ4n) is 3.07. The zero-order valence-corrected chi connectivity index (χ0v) is 16.9. The predicted molar refractivity (Wildman–Crippen MR) is 112 cm³/mol. The Morgan fingerprint density at radius 1 is 1.21 bits per heavy atom. The van der Waals surface area contributed by atoms with Crippen LogP contribution in [0.1, 0.15) is 28.8 Å². The van der Waals surface area contributed by atoms with Gasteiger partial charge in [-0.3, -0.25) is 9.59 Å². The van der Waals surface area contributed by atoms with E-state index >= 15 is 0 Å². The van der Waals surface area contributed by atoms with Crippen LogP contribution in [-0.2, 0) is 20.7 Å². The fourth-order valence-corrected chi connectivity index (χ4v) is 3.71. The summed E-state index contributed by atoms with van der Waals surface area (Å²) in [5, 5.41) is 10.1. The average molecular weight is 413 g/mol. The third-order valence-electron chi connectivity index (χ3n) is 4.57. The number of carbonyl (C=O) groups is 3. The van der Waals surface area contributed by atoms with E-state index in [1.54, 1.807) is 11.4 Å². The molecule has 2 amide bonds. The third kappa shape index (κ3) is 5.45. The number of aromatic nitrogens is 1. The van der Waals surface area contributed by atoms with Crippen LogP contribution in [0.2, 0.25) is 0 Å². The number of fused-ring (bicyclic) bond motifs is 1. The van der Waals surface area contributed by atoms with Crippen molar-refractivity contribution in [2.45, 2.75) is 25.3 Å². The number of esters is 1. The molecule has 0 aliphatic rings. The molecule has 0 bridgehead atoms. The Morgan fingerprint density at radius 3 is 2.79 bits per heavy atom. The molecule has 7 nitrogen and oxygen atoms in total. The molecule has 0 spiro atoms. The van der Waals surface area contributed by atoms with Crippen molar-refractivity contribution in [3.05, 3.63) is 58.4 Å². The smallest absolute Gasteiger partial charge is 0.328 e. The summed E-state index contributed by atoms with van der Waals surface area (Å²) in [7, 11) is 1.30. The van der Waals surface area contributed by atoms with Crippen molar-refractivity contribution in [1.29, 1.82) is 0 Å². The minimum atomic E-state index is -0.771. The number of hydrogen-bond donors (Lipinski definition) is 3. The molecule has 1 aromatic carbocycles. The van der Waals surface area contributed by atoms with Crippen LogP contribution < -0.4 is 10.6 Å². The van der Waals surface area contributed by atoms with Crippen LogP contribution >= 0.6 is 11.3 Å².